The molecule has 156 valence electrons. The van der Waals surface area contributed by atoms with E-state index in [9.17, 15) is 0 Å². The number of aliphatic imine (C=N–C) groups is 1. The van der Waals surface area contributed by atoms with E-state index in [0.29, 0.717) is 13.1 Å². The summed E-state index contributed by atoms with van der Waals surface area (Å²) >= 11 is 0. The molecule has 2 aromatic rings. The van der Waals surface area contributed by atoms with Gasteiger partial charge in [0.1, 0.15) is 11.5 Å². The molecule has 0 fully saturated rings. The zero-order valence-corrected chi connectivity index (χ0v) is 20.0. The van der Waals surface area contributed by atoms with Crippen LogP contribution in [0.3, 0.4) is 0 Å². The Kier molecular flexibility index (Phi) is 10.1. The van der Waals surface area contributed by atoms with Crippen LogP contribution in [0.25, 0.3) is 0 Å². The van der Waals surface area contributed by atoms with Crippen molar-refractivity contribution in [3.63, 3.8) is 0 Å². The van der Waals surface area contributed by atoms with Crippen molar-refractivity contribution in [3.05, 3.63) is 40.7 Å². The molecule has 0 saturated heterocycles. The van der Waals surface area contributed by atoms with Gasteiger partial charge in [-0.1, -0.05) is 13.8 Å². The van der Waals surface area contributed by atoms with Crippen molar-refractivity contribution in [3.8, 4) is 11.5 Å². The van der Waals surface area contributed by atoms with E-state index in [2.05, 4.69) is 34.6 Å². The van der Waals surface area contributed by atoms with Crippen molar-refractivity contribution in [2.75, 3.05) is 21.3 Å². The molecular weight excluding hydrogens is 469 g/mol. The van der Waals surface area contributed by atoms with Crippen molar-refractivity contribution in [2.24, 2.45) is 12.0 Å². The first kappa shape index (κ1) is 24.1. The minimum Gasteiger partial charge on any atom is -0.497 e. The average Bonchev–Trinajstić information content (AvgIpc) is 3.02. The van der Waals surface area contributed by atoms with Gasteiger partial charge >= 0.3 is 0 Å². The second-order valence-corrected chi connectivity index (χ2v) is 6.16. The van der Waals surface area contributed by atoms with Crippen LogP contribution in [0.2, 0.25) is 0 Å². The molecule has 1 heterocycles. The van der Waals surface area contributed by atoms with Gasteiger partial charge in [0.2, 0.25) is 0 Å². The molecule has 0 aliphatic rings. The molecule has 0 spiro atoms. The summed E-state index contributed by atoms with van der Waals surface area (Å²) in [6.07, 6.45) is 1.87. The molecule has 0 bridgehead atoms. The number of hydrogen-bond acceptors (Lipinski definition) is 4. The van der Waals surface area contributed by atoms with E-state index < -0.39 is 0 Å². The van der Waals surface area contributed by atoms with E-state index >= 15 is 0 Å². The summed E-state index contributed by atoms with van der Waals surface area (Å²) < 4.78 is 12.7. The lowest BCUT2D eigenvalue weighted by atomic mass is 10.1. The fourth-order valence-electron chi connectivity index (χ4n) is 3.16. The summed E-state index contributed by atoms with van der Waals surface area (Å²) in [5.74, 6) is 2.29. The molecule has 0 radical (unpaired) electrons. The van der Waals surface area contributed by atoms with Crippen LogP contribution in [0.1, 0.15) is 36.4 Å². The largest absolute Gasteiger partial charge is 0.497 e. The van der Waals surface area contributed by atoms with Gasteiger partial charge in [0.05, 0.1) is 19.9 Å². The zero-order valence-electron chi connectivity index (χ0n) is 17.6. The minimum atomic E-state index is 0. The molecule has 0 atom stereocenters. The van der Waals surface area contributed by atoms with Crippen LogP contribution in [0.5, 0.6) is 11.5 Å². The second-order valence-electron chi connectivity index (χ2n) is 6.16. The first-order chi connectivity index (χ1) is 13.1. The molecule has 0 aliphatic heterocycles. The van der Waals surface area contributed by atoms with Crippen molar-refractivity contribution < 1.29 is 9.47 Å². The van der Waals surface area contributed by atoms with Crippen LogP contribution in [0.15, 0.2) is 23.2 Å². The number of methoxy groups -OCH3 is 2. The number of hydrogen-bond donors (Lipinski definition) is 2. The molecule has 7 nitrogen and oxygen atoms in total. The number of rotatable bonds is 8. The second kappa shape index (κ2) is 11.8. The molecule has 2 N–H and O–H groups in total. The lowest BCUT2D eigenvalue weighted by Crippen LogP contribution is -2.36. The van der Waals surface area contributed by atoms with Crippen molar-refractivity contribution >= 4 is 29.9 Å². The summed E-state index contributed by atoms with van der Waals surface area (Å²) in [5, 5.41) is 11.4. The average molecular weight is 501 g/mol. The van der Waals surface area contributed by atoms with Gasteiger partial charge in [-0.15, -0.1) is 24.0 Å². The molecule has 1 aromatic heterocycles. The van der Waals surface area contributed by atoms with Crippen LogP contribution in [-0.2, 0) is 33.0 Å². The third-order valence-electron chi connectivity index (χ3n) is 4.62. The number of ether oxygens (including phenoxy) is 2. The number of nitrogens with one attached hydrogen (secondary N) is 2. The number of guanidine groups is 1. The van der Waals surface area contributed by atoms with Crippen LogP contribution < -0.4 is 20.1 Å². The maximum absolute atomic E-state index is 5.46. The van der Waals surface area contributed by atoms with E-state index in [1.807, 2.05) is 29.9 Å². The summed E-state index contributed by atoms with van der Waals surface area (Å²) in [6.45, 7) is 5.58. The van der Waals surface area contributed by atoms with Gasteiger partial charge in [0, 0.05) is 50.1 Å². The van der Waals surface area contributed by atoms with Crippen LogP contribution in [0.4, 0.5) is 0 Å². The van der Waals surface area contributed by atoms with Gasteiger partial charge in [0.15, 0.2) is 5.96 Å². The number of aromatic nitrogens is 2. The van der Waals surface area contributed by atoms with Gasteiger partial charge in [-0.3, -0.25) is 9.67 Å². The Morgan fingerprint density at radius 1 is 1.11 bits per heavy atom. The Morgan fingerprint density at radius 3 is 2.39 bits per heavy atom. The Labute approximate surface area is 184 Å². The fraction of sp³-hybridized carbons (Fsp3) is 0.500. The maximum Gasteiger partial charge on any atom is 0.191 e. The Balaban J connectivity index is 0.00000392. The third-order valence-corrected chi connectivity index (χ3v) is 4.62. The number of nitrogens with zero attached hydrogens (tertiary/aromatic N) is 3. The molecule has 8 heteroatoms. The SMILES string of the molecule is CCc1nn(C)c(CC)c1CNC(=NC)NCc1ccc(OC)cc1OC.I. The summed E-state index contributed by atoms with van der Waals surface area (Å²) in [6, 6.07) is 5.79. The zero-order chi connectivity index (χ0) is 19.8. The molecule has 28 heavy (non-hydrogen) atoms. The molecule has 0 unspecified atom stereocenters. The minimum absolute atomic E-state index is 0. The topological polar surface area (TPSA) is 72.7 Å². The molecule has 0 aliphatic carbocycles. The highest BCUT2D eigenvalue weighted by atomic mass is 127. The molecule has 0 saturated carbocycles. The normalized spacial score (nSPS) is 11.0. The molecule has 0 amide bonds. The smallest absolute Gasteiger partial charge is 0.191 e. The Morgan fingerprint density at radius 2 is 1.82 bits per heavy atom. The lowest BCUT2D eigenvalue weighted by molar-refractivity contribution is 0.390. The highest BCUT2D eigenvalue weighted by Crippen LogP contribution is 2.24. The van der Waals surface area contributed by atoms with Crippen molar-refractivity contribution in [2.45, 2.75) is 39.8 Å². The Bertz CT molecular complexity index is 789. The molecule has 1 aromatic carbocycles. The van der Waals surface area contributed by atoms with Crippen LogP contribution in [-0.4, -0.2) is 37.0 Å². The van der Waals surface area contributed by atoms with E-state index in [1.165, 1.54) is 11.3 Å². The lowest BCUT2D eigenvalue weighted by Gasteiger charge is -2.15. The maximum atomic E-state index is 5.46. The van der Waals surface area contributed by atoms with E-state index in [1.54, 1.807) is 21.3 Å². The summed E-state index contributed by atoms with van der Waals surface area (Å²) in [7, 11) is 7.08. The third kappa shape index (κ3) is 5.76. The standard InChI is InChI=1S/C20H31N5O2.HI/c1-7-17-16(18(8-2)25(4)24-17)13-23-20(21-3)22-12-14-9-10-15(26-5)11-19(14)27-6;/h9-11H,7-8,12-13H2,1-6H3,(H2,21,22,23);1H. The quantitative estimate of drug-likeness (QED) is 0.331. The number of aryl methyl sites for hydroxylation is 2. The predicted molar refractivity (Wildman–Crippen MR) is 124 cm³/mol. The summed E-state index contributed by atoms with van der Waals surface area (Å²) in [4.78, 5) is 4.33. The van der Waals surface area contributed by atoms with Crippen LogP contribution in [0, 0.1) is 0 Å². The summed E-state index contributed by atoms with van der Waals surface area (Å²) in [5.41, 5.74) is 4.68. The van der Waals surface area contributed by atoms with Gasteiger partial charge in [-0.25, -0.2) is 0 Å². The first-order valence-corrected chi connectivity index (χ1v) is 9.26. The van der Waals surface area contributed by atoms with Gasteiger partial charge < -0.3 is 20.1 Å². The fourth-order valence-corrected chi connectivity index (χ4v) is 3.16. The van der Waals surface area contributed by atoms with Crippen molar-refractivity contribution in [1.29, 1.82) is 0 Å². The predicted octanol–water partition coefficient (Wildman–Crippen LogP) is 3.05. The van der Waals surface area contributed by atoms with Gasteiger partial charge in [0.25, 0.3) is 0 Å². The van der Waals surface area contributed by atoms with E-state index in [4.69, 9.17) is 9.47 Å². The highest BCUT2D eigenvalue weighted by molar-refractivity contribution is 14.0. The highest BCUT2D eigenvalue weighted by Gasteiger charge is 2.14. The Hall–Kier alpha value is -1.97. The van der Waals surface area contributed by atoms with Gasteiger partial charge in [-0.05, 0) is 25.0 Å². The number of benzene rings is 1. The van der Waals surface area contributed by atoms with Crippen molar-refractivity contribution in [1.82, 2.24) is 20.4 Å². The van der Waals surface area contributed by atoms with Crippen LogP contribution >= 0.6 is 24.0 Å². The first-order valence-electron chi connectivity index (χ1n) is 9.26. The van der Waals surface area contributed by atoms with E-state index in [0.717, 1.165) is 41.6 Å². The monoisotopic (exact) mass is 501 g/mol. The number of halogens is 1. The molecular formula is C20H32IN5O2. The van der Waals surface area contributed by atoms with Gasteiger partial charge in [-0.2, -0.15) is 5.10 Å². The van der Waals surface area contributed by atoms with E-state index in [-0.39, 0.29) is 24.0 Å². The molecule has 2 rings (SSSR count).